The standard InChI is InChI=1S/C16H23N3O2/c1-12-7-9-19(10-8-12)16(20)14(15(17)18-21)11-13-5-3-2-4-6-13/h2-6,12,14,21H,7-11H2,1H3,(H2,17,18). The Morgan fingerprint density at radius 2 is 2.00 bits per heavy atom. The Hall–Kier alpha value is -2.04. The number of carbonyl (C=O) groups excluding carboxylic acids is 1. The third-order valence-electron chi connectivity index (χ3n) is 4.15. The van der Waals surface area contributed by atoms with Gasteiger partial charge in [0.1, 0.15) is 5.92 Å². The summed E-state index contributed by atoms with van der Waals surface area (Å²) in [5, 5.41) is 12.0. The van der Waals surface area contributed by atoms with Crippen molar-refractivity contribution in [1.29, 1.82) is 0 Å². The van der Waals surface area contributed by atoms with Gasteiger partial charge in [0, 0.05) is 13.1 Å². The fourth-order valence-electron chi connectivity index (χ4n) is 2.69. The van der Waals surface area contributed by atoms with E-state index >= 15 is 0 Å². The molecule has 1 saturated heterocycles. The molecule has 1 aromatic rings. The molecule has 1 atom stereocenters. The van der Waals surface area contributed by atoms with E-state index in [-0.39, 0.29) is 11.7 Å². The van der Waals surface area contributed by atoms with Crippen LogP contribution in [0.1, 0.15) is 25.3 Å². The molecule has 1 aromatic carbocycles. The van der Waals surface area contributed by atoms with Crippen molar-refractivity contribution in [3.8, 4) is 0 Å². The van der Waals surface area contributed by atoms with Gasteiger partial charge in [0.2, 0.25) is 5.91 Å². The predicted molar refractivity (Wildman–Crippen MR) is 82.0 cm³/mol. The number of rotatable bonds is 4. The third kappa shape index (κ3) is 3.97. The first-order valence-electron chi connectivity index (χ1n) is 7.42. The summed E-state index contributed by atoms with van der Waals surface area (Å²) in [4.78, 5) is 14.5. The van der Waals surface area contributed by atoms with Gasteiger partial charge in [0.25, 0.3) is 0 Å². The lowest BCUT2D eigenvalue weighted by Crippen LogP contribution is -2.46. The van der Waals surface area contributed by atoms with Gasteiger partial charge in [-0.2, -0.15) is 0 Å². The Balaban J connectivity index is 2.10. The summed E-state index contributed by atoms with van der Waals surface area (Å²) in [5.74, 6) is 0.0137. The van der Waals surface area contributed by atoms with Crippen molar-refractivity contribution in [2.75, 3.05) is 13.1 Å². The first kappa shape index (κ1) is 15.4. The van der Waals surface area contributed by atoms with Gasteiger partial charge >= 0.3 is 0 Å². The Bertz CT molecular complexity index is 494. The molecule has 114 valence electrons. The molecule has 0 aliphatic carbocycles. The number of hydrogen-bond donors (Lipinski definition) is 2. The summed E-state index contributed by atoms with van der Waals surface area (Å²) < 4.78 is 0. The quantitative estimate of drug-likeness (QED) is 0.384. The number of likely N-dealkylation sites (tertiary alicyclic amines) is 1. The number of amides is 1. The number of carbonyl (C=O) groups is 1. The van der Waals surface area contributed by atoms with Crippen LogP contribution >= 0.6 is 0 Å². The number of benzene rings is 1. The van der Waals surface area contributed by atoms with Gasteiger partial charge < -0.3 is 15.8 Å². The highest BCUT2D eigenvalue weighted by atomic mass is 16.4. The van der Waals surface area contributed by atoms with Gasteiger partial charge in [0.15, 0.2) is 5.84 Å². The first-order valence-corrected chi connectivity index (χ1v) is 7.42. The van der Waals surface area contributed by atoms with Crippen LogP contribution in [0.15, 0.2) is 35.5 Å². The molecular weight excluding hydrogens is 266 g/mol. The summed E-state index contributed by atoms with van der Waals surface area (Å²) >= 11 is 0. The smallest absolute Gasteiger partial charge is 0.233 e. The molecule has 21 heavy (non-hydrogen) atoms. The number of nitrogens with two attached hydrogens (primary N) is 1. The van der Waals surface area contributed by atoms with E-state index in [2.05, 4.69) is 12.1 Å². The zero-order chi connectivity index (χ0) is 15.2. The maximum absolute atomic E-state index is 12.7. The third-order valence-corrected chi connectivity index (χ3v) is 4.15. The number of amidine groups is 1. The molecule has 0 aromatic heterocycles. The van der Waals surface area contributed by atoms with E-state index in [1.165, 1.54) is 0 Å². The zero-order valence-corrected chi connectivity index (χ0v) is 12.4. The molecule has 1 fully saturated rings. The van der Waals surface area contributed by atoms with Crippen LogP contribution in [0.2, 0.25) is 0 Å². The van der Waals surface area contributed by atoms with Crippen LogP contribution in [0.25, 0.3) is 0 Å². The van der Waals surface area contributed by atoms with Crippen LogP contribution in [0.4, 0.5) is 0 Å². The molecule has 0 spiro atoms. The van der Waals surface area contributed by atoms with Crippen LogP contribution in [0.3, 0.4) is 0 Å². The van der Waals surface area contributed by atoms with Gasteiger partial charge in [-0.3, -0.25) is 4.79 Å². The Morgan fingerprint density at radius 3 is 2.57 bits per heavy atom. The predicted octanol–water partition coefficient (Wildman–Crippen LogP) is 1.85. The van der Waals surface area contributed by atoms with E-state index in [0.29, 0.717) is 12.3 Å². The summed E-state index contributed by atoms with van der Waals surface area (Å²) in [7, 11) is 0. The van der Waals surface area contributed by atoms with Crippen molar-refractivity contribution in [3.63, 3.8) is 0 Å². The first-order chi connectivity index (χ1) is 10.1. The number of hydrogen-bond acceptors (Lipinski definition) is 3. The lowest BCUT2D eigenvalue weighted by atomic mass is 9.94. The van der Waals surface area contributed by atoms with Gasteiger partial charge in [-0.15, -0.1) is 0 Å². The Labute approximate surface area is 125 Å². The minimum atomic E-state index is -0.592. The van der Waals surface area contributed by atoms with Crippen molar-refractivity contribution in [1.82, 2.24) is 4.90 Å². The van der Waals surface area contributed by atoms with E-state index in [0.717, 1.165) is 31.5 Å². The molecule has 1 aliphatic heterocycles. The second-order valence-electron chi connectivity index (χ2n) is 5.77. The maximum atomic E-state index is 12.7. The molecule has 3 N–H and O–H groups in total. The molecule has 5 nitrogen and oxygen atoms in total. The van der Waals surface area contributed by atoms with Crippen molar-refractivity contribution < 1.29 is 10.0 Å². The largest absolute Gasteiger partial charge is 0.409 e. The van der Waals surface area contributed by atoms with Crippen LogP contribution in [-0.2, 0) is 11.2 Å². The molecule has 1 aliphatic rings. The van der Waals surface area contributed by atoms with Crippen molar-refractivity contribution >= 4 is 11.7 Å². The molecule has 1 amide bonds. The molecule has 1 unspecified atom stereocenters. The minimum Gasteiger partial charge on any atom is -0.409 e. The molecular formula is C16H23N3O2. The molecule has 0 radical (unpaired) electrons. The molecule has 1 heterocycles. The number of nitrogens with zero attached hydrogens (tertiary/aromatic N) is 2. The summed E-state index contributed by atoms with van der Waals surface area (Å²) in [6.45, 7) is 3.71. The van der Waals surface area contributed by atoms with E-state index < -0.39 is 5.92 Å². The highest BCUT2D eigenvalue weighted by Crippen LogP contribution is 2.20. The van der Waals surface area contributed by atoms with Crippen molar-refractivity contribution in [2.45, 2.75) is 26.2 Å². The van der Waals surface area contributed by atoms with E-state index in [1.807, 2.05) is 35.2 Å². The molecule has 2 rings (SSSR count). The van der Waals surface area contributed by atoms with Crippen LogP contribution in [-0.4, -0.2) is 34.9 Å². The molecule has 5 heteroatoms. The summed E-state index contributed by atoms with van der Waals surface area (Å²) in [6.07, 6.45) is 2.49. The second kappa shape index (κ2) is 7.11. The SMILES string of the molecule is CC1CCN(C(=O)C(Cc2ccccc2)C(N)=NO)CC1. The molecule has 0 saturated carbocycles. The van der Waals surface area contributed by atoms with Crippen LogP contribution in [0.5, 0.6) is 0 Å². The maximum Gasteiger partial charge on any atom is 0.233 e. The van der Waals surface area contributed by atoms with Gasteiger partial charge in [-0.1, -0.05) is 42.4 Å². The fourth-order valence-corrected chi connectivity index (χ4v) is 2.69. The van der Waals surface area contributed by atoms with Crippen LogP contribution in [0, 0.1) is 11.8 Å². The average Bonchev–Trinajstić information content (AvgIpc) is 2.53. The minimum absolute atomic E-state index is 0.0116. The zero-order valence-electron chi connectivity index (χ0n) is 12.4. The van der Waals surface area contributed by atoms with E-state index in [9.17, 15) is 4.79 Å². The van der Waals surface area contributed by atoms with E-state index in [4.69, 9.17) is 10.9 Å². The summed E-state index contributed by atoms with van der Waals surface area (Å²) in [5.41, 5.74) is 6.76. The second-order valence-corrected chi connectivity index (χ2v) is 5.77. The Kier molecular flexibility index (Phi) is 5.20. The lowest BCUT2D eigenvalue weighted by Gasteiger charge is -2.32. The van der Waals surface area contributed by atoms with Gasteiger partial charge in [-0.05, 0) is 30.7 Å². The van der Waals surface area contributed by atoms with Crippen LogP contribution < -0.4 is 5.73 Å². The Morgan fingerprint density at radius 1 is 1.38 bits per heavy atom. The average molecular weight is 289 g/mol. The lowest BCUT2D eigenvalue weighted by molar-refractivity contribution is -0.134. The number of piperidine rings is 1. The highest BCUT2D eigenvalue weighted by molar-refractivity contribution is 6.02. The summed E-state index contributed by atoms with van der Waals surface area (Å²) in [6, 6.07) is 9.67. The van der Waals surface area contributed by atoms with E-state index in [1.54, 1.807) is 0 Å². The fraction of sp³-hybridized carbons (Fsp3) is 0.500. The van der Waals surface area contributed by atoms with Crippen molar-refractivity contribution in [3.05, 3.63) is 35.9 Å². The van der Waals surface area contributed by atoms with Gasteiger partial charge in [0.05, 0.1) is 0 Å². The normalized spacial score (nSPS) is 18.5. The topological polar surface area (TPSA) is 78.9 Å². The molecule has 0 bridgehead atoms. The highest BCUT2D eigenvalue weighted by Gasteiger charge is 2.30. The van der Waals surface area contributed by atoms with Crippen molar-refractivity contribution in [2.24, 2.45) is 22.7 Å². The monoisotopic (exact) mass is 289 g/mol. The van der Waals surface area contributed by atoms with Gasteiger partial charge in [-0.25, -0.2) is 0 Å². The number of oxime groups is 1.